The molecule has 24 heavy (non-hydrogen) atoms. The van der Waals surface area contributed by atoms with E-state index in [9.17, 15) is 4.79 Å². The van der Waals surface area contributed by atoms with Crippen LogP contribution < -0.4 is 5.32 Å². The number of benzene rings is 2. The van der Waals surface area contributed by atoms with Crippen molar-refractivity contribution in [2.45, 2.75) is 26.3 Å². The quantitative estimate of drug-likeness (QED) is 0.731. The average Bonchev–Trinajstić information content (AvgIpc) is 2.95. The molecule has 4 heteroatoms. The lowest BCUT2D eigenvalue weighted by Gasteiger charge is -2.06. The summed E-state index contributed by atoms with van der Waals surface area (Å²) in [5.74, 6) is -0.0242. The number of aliphatic hydroxyl groups excluding tert-OH is 1. The monoisotopic (exact) mass is 322 g/mol. The number of para-hydroxylation sites is 1. The van der Waals surface area contributed by atoms with Crippen molar-refractivity contribution in [2.24, 2.45) is 0 Å². The van der Waals surface area contributed by atoms with E-state index in [4.69, 9.17) is 5.11 Å². The number of aliphatic hydroxyl groups is 1. The summed E-state index contributed by atoms with van der Waals surface area (Å²) < 4.78 is 2.17. The van der Waals surface area contributed by atoms with Crippen LogP contribution in [-0.2, 0) is 24.2 Å². The van der Waals surface area contributed by atoms with E-state index >= 15 is 0 Å². The number of hydrogen-bond donors (Lipinski definition) is 2. The number of nitrogens with one attached hydrogen (secondary N) is 1. The third kappa shape index (κ3) is 3.49. The molecule has 4 nitrogen and oxygen atoms in total. The van der Waals surface area contributed by atoms with Gasteiger partial charge in [-0.15, -0.1) is 0 Å². The summed E-state index contributed by atoms with van der Waals surface area (Å²) >= 11 is 0. The van der Waals surface area contributed by atoms with E-state index in [0.29, 0.717) is 12.8 Å². The molecule has 3 rings (SSSR count). The van der Waals surface area contributed by atoms with Crippen LogP contribution in [-0.4, -0.2) is 22.2 Å². The lowest BCUT2D eigenvalue weighted by molar-refractivity contribution is -0.115. The number of carbonyl (C=O) groups is 1. The molecule has 0 saturated carbocycles. The fourth-order valence-corrected chi connectivity index (χ4v) is 2.99. The van der Waals surface area contributed by atoms with Crippen molar-refractivity contribution < 1.29 is 9.90 Å². The van der Waals surface area contributed by atoms with Crippen molar-refractivity contribution >= 4 is 22.5 Å². The Morgan fingerprint density at radius 2 is 1.88 bits per heavy atom. The van der Waals surface area contributed by atoms with Crippen molar-refractivity contribution in [2.75, 3.05) is 11.9 Å². The largest absolute Gasteiger partial charge is 0.396 e. The lowest BCUT2D eigenvalue weighted by Crippen LogP contribution is -2.14. The Labute approximate surface area is 141 Å². The second-order valence-corrected chi connectivity index (χ2v) is 5.85. The van der Waals surface area contributed by atoms with Gasteiger partial charge in [-0.1, -0.05) is 30.3 Å². The Bertz CT molecular complexity index is 834. The number of aryl methyl sites for hydroxylation is 1. The maximum absolute atomic E-state index is 12.4. The maximum Gasteiger partial charge on any atom is 0.228 e. The van der Waals surface area contributed by atoms with Gasteiger partial charge in [0.1, 0.15) is 0 Å². The third-order valence-electron chi connectivity index (χ3n) is 4.20. The maximum atomic E-state index is 12.4. The van der Waals surface area contributed by atoms with E-state index in [2.05, 4.69) is 35.1 Å². The lowest BCUT2D eigenvalue weighted by atomic mass is 10.1. The molecule has 0 spiro atoms. The molecule has 0 aliphatic heterocycles. The molecule has 1 aromatic heterocycles. The highest BCUT2D eigenvalue weighted by atomic mass is 16.2. The van der Waals surface area contributed by atoms with Crippen LogP contribution in [0.3, 0.4) is 0 Å². The fraction of sp³-hybridized carbons (Fsp3) is 0.250. The Balaban J connectivity index is 1.73. The fourth-order valence-electron chi connectivity index (χ4n) is 2.99. The molecular weight excluding hydrogens is 300 g/mol. The molecule has 0 fully saturated rings. The van der Waals surface area contributed by atoms with Crippen LogP contribution in [0.15, 0.2) is 54.7 Å². The Hall–Kier alpha value is -2.59. The minimum Gasteiger partial charge on any atom is -0.396 e. The number of aromatic nitrogens is 1. The predicted molar refractivity (Wildman–Crippen MR) is 97.2 cm³/mol. The number of anilines is 1. The summed E-state index contributed by atoms with van der Waals surface area (Å²) in [6, 6.07) is 15.8. The van der Waals surface area contributed by atoms with Crippen molar-refractivity contribution in [3.8, 4) is 0 Å². The van der Waals surface area contributed by atoms with Gasteiger partial charge in [-0.25, -0.2) is 0 Å². The summed E-state index contributed by atoms with van der Waals surface area (Å²) in [6.45, 7) is 3.12. The normalized spacial score (nSPS) is 10.9. The van der Waals surface area contributed by atoms with E-state index in [0.717, 1.165) is 34.3 Å². The minimum absolute atomic E-state index is 0.0242. The van der Waals surface area contributed by atoms with E-state index < -0.39 is 0 Å². The van der Waals surface area contributed by atoms with Gasteiger partial charge in [0.2, 0.25) is 5.91 Å². The predicted octanol–water partition coefficient (Wildman–Crippen LogP) is 3.38. The minimum atomic E-state index is -0.0242. The SMILES string of the molecule is CCn1cc(CC(=O)Nc2ccc(CCO)cc2)c2ccccc21. The summed E-state index contributed by atoms with van der Waals surface area (Å²) in [5, 5.41) is 13.0. The van der Waals surface area contributed by atoms with Crippen molar-refractivity contribution in [1.29, 1.82) is 0 Å². The van der Waals surface area contributed by atoms with Gasteiger partial charge in [-0.05, 0) is 42.7 Å². The Morgan fingerprint density at radius 3 is 2.58 bits per heavy atom. The number of rotatable bonds is 6. The first-order chi connectivity index (χ1) is 11.7. The molecule has 2 aromatic carbocycles. The highest BCUT2D eigenvalue weighted by molar-refractivity contribution is 5.96. The summed E-state index contributed by atoms with van der Waals surface area (Å²) in [6.07, 6.45) is 3.05. The first kappa shape index (κ1) is 16.3. The van der Waals surface area contributed by atoms with Gasteiger partial charge in [0.25, 0.3) is 0 Å². The molecule has 3 aromatic rings. The first-order valence-corrected chi connectivity index (χ1v) is 8.27. The zero-order valence-electron chi connectivity index (χ0n) is 13.8. The molecule has 0 aliphatic carbocycles. The van der Waals surface area contributed by atoms with Crippen LogP contribution in [0.2, 0.25) is 0 Å². The van der Waals surface area contributed by atoms with Crippen molar-refractivity contribution in [1.82, 2.24) is 4.57 Å². The van der Waals surface area contributed by atoms with Gasteiger partial charge < -0.3 is 15.0 Å². The molecule has 0 aliphatic rings. The number of nitrogens with zero attached hydrogens (tertiary/aromatic N) is 1. The van der Waals surface area contributed by atoms with Crippen LogP contribution in [0.5, 0.6) is 0 Å². The van der Waals surface area contributed by atoms with E-state index in [1.54, 1.807) is 0 Å². The molecule has 2 N–H and O–H groups in total. The first-order valence-electron chi connectivity index (χ1n) is 8.27. The molecule has 0 saturated heterocycles. The van der Waals surface area contributed by atoms with Crippen LogP contribution in [0.4, 0.5) is 5.69 Å². The Kier molecular flexibility index (Phi) is 4.96. The topological polar surface area (TPSA) is 54.3 Å². The summed E-state index contributed by atoms with van der Waals surface area (Å²) in [4.78, 5) is 12.4. The van der Waals surface area contributed by atoms with Crippen LogP contribution in [0.25, 0.3) is 10.9 Å². The van der Waals surface area contributed by atoms with Crippen molar-refractivity contribution in [3.63, 3.8) is 0 Å². The standard InChI is InChI=1S/C20H22N2O2/c1-2-22-14-16(18-5-3-4-6-19(18)22)13-20(24)21-17-9-7-15(8-10-17)11-12-23/h3-10,14,23H,2,11-13H2,1H3,(H,21,24). The van der Waals surface area contributed by atoms with Gasteiger partial charge in [0, 0.05) is 35.9 Å². The molecule has 0 bridgehead atoms. The second-order valence-electron chi connectivity index (χ2n) is 5.85. The zero-order valence-corrected chi connectivity index (χ0v) is 13.8. The molecule has 0 atom stereocenters. The Morgan fingerprint density at radius 1 is 1.12 bits per heavy atom. The van der Waals surface area contributed by atoms with E-state index in [1.165, 1.54) is 0 Å². The summed E-state index contributed by atoms with van der Waals surface area (Å²) in [5.41, 5.74) is 4.04. The van der Waals surface area contributed by atoms with Crippen LogP contribution in [0, 0.1) is 0 Å². The third-order valence-corrected chi connectivity index (χ3v) is 4.20. The molecule has 0 unspecified atom stereocenters. The highest BCUT2D eigenvalue weighted by Gasteiger charge is 2.11. The number of amides is 1. The smallest absolute Gasteiger partial charge is 0.228 e. The molecule has 0 radical (unpaired) electrons. The summed E-state index contributed by atoms with van der Waals surface area (Å²) in [7, 11) is 0. The molecular formula is C20H22N2O2. The van der Waals surface area contributed by atoms with E-state index in [1.807, 2.05) is 36.4 Å². The highest BCUT2D eigenvalue weighted by Crippen LogP contribution is 2.22. The zero-order chi connectivity index (χ0) is 16.9. The number of hydrogen-bond acceptors (Lipinski definition) is 2. The van der Waals surface area contributed by atoms with Crippen LogP contribution >= 0.6 is 0 Å². The van der Waals surface area contributed by atoms with Crippen molar-refractivity contribution in [3.05, 3.63) is 65.9 Å². The van der Waals surface area contributed by atoms with Crippen LogP contribution in [0.1, 0.15) is 18.1 Å². The average molecular weight is 322 g/mol. The molecule has 1 amide bonds. The van der Waals surface area contributed by atoms with E-state index in [-0.39, 0.29) is 12.5 Å². The van der Waals surface area contributed by atoms with Gasteiger partial charge >= 0.3 is 0 Å². The number of carbonyl (C=O) groups excluding carboxylic acids is 1. The van der Waals surface area contributed by atoms with Gasteiger partial charge in [0.05, 0.1) is 6.42 Å². The molecule has 124 valence electrons. The van der Waals surface area contributed by atoms with Gasteiger partial charge in [0.15, 0.2) is 0 Å². The van der Waals surface area contributed by atoms with Gasteiger partial charge in [-0.3, -0.25) is 4.79 Å². The van der Waals surface area contributed by atoms with Gasteiger partial charge in [-0.2, -0.15) is 0 Å². The second kappa shape index (κ2) is 7.32. The molecule has 1 heterocycles. The number of fused-ring (bicyclic) bond motifs is 1.